The van der Waals surface area contributed by atoms with Crippen LogP contribution < -0.4 is 5.73 Å². The highest BCUT2D eigenvalue weighted by atomic mass is 35.5. The maximum atomic E-state index is 6.22. The van der Waals surface area contributed by atoms with Crippen molar-refractivity contribution in [2.24, 2.45) is 5.73 Å². The maximum absolute atomic E-state index is 6.22. The SMILES string of the molecule is NC(c1cc2c(Cl)cccc2o1)c1cc(Cl)ccc1Cl. The summed E-state index contributed by atoms with van der Waals surface area (Å²) in [7, 11) is 0. The van der Waals surface area contributed by atoms with E-state index in [9.17, 15) is 0 Å². The van der Waals surface area contributed by atoms with Crippen molar-refractivity contribution in [2.75, 3.05) is 0 Å². The monoisotopic (exact) mass is 325 g/mol. The van der Waals surface area contributed by atoms with Crippen LogP contribution in [0.2, 0.25) is 15.1 Å². The van der Waals surface area contributed by atoms with Gasteiger partial charge in [0, 0.05) is 15.4 Å². The molecule has 1 aromatic heterocycles. The summed E-state index contributed by atoms with van der Waals surface area (Å²) >= 11 is 18.3. The summed E-state index contributed by atoms with van der Waals surface area (Å²) < 4.78 is 5.75. The van der Waals surface area contributed by atoms with Gasteiger partial charge in [-0.15, -0.1) is 0 Å². The Labute approximate surface area is 131 Å². The van der Waals surface area contributed by atoms with Gasteiger partial charge >= 0.3 is 0 Å². The summed E-state index contributed by atoms with van der Waals surface area (Å²) in [5.74, 6) is 0.595. The molecular weight excluding hydrogens is 317 g/mol. The Kier molecular flexibility index (Phi) is 3.65. The van der Waals surface area contributed by atoms with Gasteiger partial charge in [-0.05, 0) is 42.0 Å². The summed E-state index contributed by atoms with van der Waals surface area (Å²) in [5, 5.41) is 2.59. The van der Waals surface area contributed by atoms with Gasteiger partial charge in [0.25, 0.3) is 0 Å². The van der Waals surface area contributed by atoms with Crippen molar-refractivity contribution in [1.82, 2.24) is 0 Å². The van der Waals surface area contributed by atoms with Crippen molar-refractivity contribution in [3.05, 3.63) is 68.9 Å². The lowest BCUT2D eigenvalue weighted by Crippen LogP contribution is -2.11. The first-order valence-corrected chi connectivity index (χ1v) is 7.08. The van der Waals surface area contributed by atoms with Gasteiger partial charge in [-0.3, -0.25) is 0 Å². The molecule has 0 aliphatic rings. The van der Waals surface area contributed by atoms with Gasteiger partial charge in [-0.25, -0.2) is 0 Å². The smallest absolute Gasteiger partial charge is 0.135 e. The van der Waals surface area contributed by atoms with E-state index in [1.54, 1.807) is 24.3 Å². The molecule has 5 heteroatoms. The predicted octanol–water partition coefficient (Wildman–Crippen LogP) is 5.44. The van der Waals surface area contributed by atoms with Gasteiger partial charge in [0.05, 0.1) is 11.1 Å². The summed E-state index contributed by atoms with van der Waals surface area (Å²) in [6.07, 6.45) is 0. The highest BCUT2D eigenvalue weighted by Gasteiger charge is 2.18. The summed E-state index contributed by atoms with van der Waals surface area (Å²) in [6.45, 7) is 0. The van der Waals surface area contributed by atoms with E-state index in [-0.39, 0.29) is 0 Å². The molecule has 1 heterocycles. The standard InChI is InChI=1S/C15H10Cl3NO/c16-8-4-5-12(18)10(6-8)15(19)14-7-9-11(17)2-1-3-13(9)20-14/h1-7,15H,19H2. The molecule has 3 rings (SSSR count). The van der Waals surface area contributed by atoms with E-state index in [1.807, 2.05) is 18.2 Å². The Balaban J connectivity index is 2.10. The third kappa shape index (κ3) is 2.40. The lowest BCUT2D eigenvalue weighted by Gasteiger charge is -2.11. The number of rotatable bonds is 2. The number of benzene rings is 2. The third-order valence-electron chi connectivity index (χ3n) is 3.13. The molecule has 0 saturated carbocycles. The van der Waals surface area contributed by atoms with Crippen LogP contribution in [-0.2, 0) is 0 Å². The van der Waals surface area contributed by atoms with Gasteiger partial charge in [0.1, 0.15) is 11.3 Å². The van der Waals surface area contributed by atoms with E-state index in [1.165, 1.54) is 0 Å². The van der Waals surface area contributed by atoms with E-state index < -0.39 is 6.04 Å². The normalized spacial score (nSPS) is 12.8. The number of furan rings is 1. The Hall–Kier alpha value is -1.19. The van der Waals surface area contributed by atoms with Crippen molar-refractivity contribution in [2.45, 2.75) is 6.04 Å². The molecule has 2 N–H and O–H groups in total. The minimum atomic E-state index is -0.496. The van der Waals surface area contributed by atoms with Crippen LogP contribution in [0.25, 0.3) is 11.0 Å². The molecule has 0 bridgehead atoms. The molecular formula is C15H10Cl3NO. The molecule has 2 aromatic carbocycles. The fraction of sp³-hybridized carbons (Fsp3) is 0.0667. The predicted molar refractivity (Wildman–Crippen MR) is 83.7 cm³/mol. The maximum Gasteiger partial charge on any atom is 0.135 e. The lowest BCUT2D eigenvalue weighted by molar-refractivity contribution is 0.525. The minimum Gasteiger partial charge on any atom is -0.459 e. The number of hydrogen-bond acceptors (Lipinski definition) is 2. The molecule has 20 heavy (non-hydrogen) atoms. The van der Waals surface area contributed by atoms with Gasteiger partial charge < -0.3 is 10.2 Å². The number of nitrogens with two attached hydrogens (primary N) is 1. The van der Waals surface area contributed by atoms with Crippen LogP contribution in [-0.4, -0.2) is 0 Å². The van der Waals surface area contributed by atoms with Crippen molar-refractivity contribution in [1.29, 1.82) is 0 Å². The van der Waals surface area contributed by atoms with Gasteiger partial charge in [-0.1, -0.05) is 40.9 Å². The molecule has 102 valence electrons. The van der Waals surface area contributed by atoms with E-state index >= 15 is 0 Å². The van der Waals surface area contributed by atoms with Gasteiger partial charge in [-0.2, -0.15) is 0 Å². The average molecular weight is 327 g/mol. The quantitative estimate of drug-likeness (QED) is 0.681. The van der Waals surface area contributed by atoms with E-state index in [0.717, 1.165) is 5.39 Å². The first-order valence-electron chi connectivity index (χ1n) is 5.95. The zero-order chi connectivity index (χ0) is 14.3. The minimum absolute atomic E-state index is 0.496. The number of hydrogen-bond donors (Lipinski definition) is 1. The molecule has 2 nitrogen and oxygen atoms in total. The Morgan fingerprint density at radius 1 is 0.950 bits per heavy atom. The highest BCUT2D eigenvalue weighted by Crippen LogP contribution is 2.34. The summed E-state index contributed by atoms with van der Waals surface area (Å²) in [4.78, 5) is 0. The van der Waals surface area contributed by atoms with E-state index in [4.69, 9.17) is 45.0 Å². The largest absolute Gasteiger partial charge is 0.459 e. The van der Waals surface area contributed by atoms with Crippen molar-refractivity contribution in [3.8, 4) is 0 Å². The zero-order valence-corrected chi connectivity index (χ0v) is 12.5. The van der Waals surface area contributed by atoms with Crippen molar-refractivity contribution in [3.63, 3.8) is 0 Å². The van der Waals surface area contributed by atoms with Crippen LogP contribution in [0.1, 0.15) is 17.4 Å². The fourth-order valence-corrected chi connectivity index (χ4v) is 2.74. The third-order valence-corrected chi connectivity index (χ3v) is 4.04. The number of halogens is 3. The van der Waals surface area contributed by atoms with Crippen LogP contribution in [0, 0.1) is 0 Å². The zero-order valence-electron chi connectivity index (χ0n) is 10.2. The van der Waals surface area contributed by atoms with Crippen LogP contribution in [0.4, 0.5) is 0 Å². The topological polar surface area (TPSA) is 39.2 Å². The molecule has 3 aromatic rings. The van der Waals surface area contributed by atoms with Crippen molar-refractivity contribution < 1.29 is 4.42 Å². The Bertz CT molecular complexity index is 782. The van der Waals surface area contributed by atoms with Crippen molar-refractivity contribution >= 4 is 45.8 Å². The molecule has 0 radical (unpaired) electrons. The molecule has 1 unspecified atom stereocenters. The van der Waals surface area contributed by atoms with E-state index in [2.05, 4.69) is 0 Å². The molecule has 0 spiro atoms. The lowest BCUT2D eigenvalue weighted by atomic mass is 10.1. The van der Waals surface area contributed by atoms with Crippen LogP contribution in [0.5, 0.6) is 0 Å². The van der Waals surface area contributed by atoms with Crippen LogP contribution in [0.3, 0.4) is 0 Å². The molecule has 0 saturated heterocycles. The second-order valence-electron chi connectivity index (χ2n) is 4.44. The van der Waals surface area contributed by atoms with Gasteiger partial charge in [0.15, 0.2) is 0 Å². The Morgan fingerprint density at radius 2 is 1.75 bits per heavy atom. The molecule has 0 aliphatic heterocycles. The molecule has 1 atom stereocenters. The molecule has 0 aliphatic carbocycles. The summed E-state index contributed by atoms with van der Waals surface area (Å²) in [6, 6.07) is 12.0. The fourth-order valence-electron chi connectivity index (χ4n) is 2.10. The average Bonchev–Trinajstić information content (AvgIpc) is 2.86. The second kappa shape index (κ2) is 5.30. The van der Waals surface area contributed by atoms with Gasteiger partial charge in [0.2, 0.25) is 0 Å². The molecule has 0 fully saturated rings. The van der Waals surface area contributed by atoms with Crippen LogP contribution >= 0.6 is 34.8 Å². The summed E-state index contributed by atoms with van der Waals surface area (Å²) in [5.41, 5.74) is 7.63. The Morgan fingerprint density at radius 3 is 2.50 bits per heavy atom. The van der Waals surface area contributed by atoms with E-state index in [0.29, 0.717) is 32.0 Å². The number of fused-ring (bicyclic) bond motifs is 1. The molecule has 0 amide bonds. The van der Waals surface area contributed by atoms with Crippen LogP contribution in [0.15, 0.2) is 46.9 Å². The second-order valence-corrected chi connectivity index (χ2v) is 5.69. The first kappa shape index (κ1) is 13.8. The highest BCUT2D eigenvalue weighted by molar-refractivity contribution is 6.35. The first-order chi connectivity index (χ1) is 9.56.